The average Bonchev–Trinajstić information content (AvgIpc) is 2.85. The van der Waals surface area contributed by atoms with Crippen molar-refractivity contribution in [3.05, 3.63) is 18.5 Å². The summed E-state index contributed by atoms with van der Waals surface area (Å²) in [7, 11) is 0. The molecule has 1 aliphatic rings. The summed E-state index contributed by atoms with van der Waals surface area (Å²) in [6.45, 7) is 2.91. The lowest BCUT2D eigenvalue weighted by molar-refractivity contribution is -0.133. The maximum Gasteiger partial charge on any atom is 0.247 e. The first-order valence-corrected chi connectivity index (χ1v) is 5.14. The Kier molecular flexibility index (Phi) is 2.73. The molecular weight excluding hydrogens is 194 g/mol. The number of amides is 1. The number of β-amino-alcohol motifs (C(OH)–C–C–N with tert-alkyl or cyclic N) is 1. The Labute approximate surface area is 88.3 Å². The number of hydrogen-bond acceptors (Lipinski definition) is 3. The molecule has 5 heteroatoms. The van der Waals surface area contributed by atoms with Crippen LogP contribution in [0.1, 0.15) is 19.4 Å². The molecule has 1 fully saturated rings. The second kappa shape index (κ2) is 4.02. The maximum atomic E-state index is 11.9. The minimum atomic E-state index is -0.362. The van der Waals surface area contributed by atoms with Crippen molar-refractivity contribution in [2.45, 2.75) is 25.5 Å². The minimum Gasteiger partial charge on any atom is -0.391 e. The monoisotopic (exact) mass is 209 g/mol. The lowest BCUT2D eigenvalue weighted by Crippen LogP contribution is -2.35. The average molecular weight is 209 g/mol. The third kappa shape index (κ3) is 2.02. The van der Waals surface area contributed by atoms with Gasteiger partial charge in [-0.25, -0.2) is 0 Å². The highest BCUT2D eigenvalue weighted by atomic mass is 16.3. The predicted octanol–water partition coefficient (Wildman–Crippen LogP) is 0.0373. The molecule has 2 atom stereocenters. The number of likely N-dealkylation sites (tertiary alicyclic amines) is 1. The van der Waals surface area contributed by atoms with E-state index in [-0.39, 0.29) is 18.1 Å². The van der Waals surface area contributed by atoms with Gasteiger partial charge in [-0.2, -0.15) is 5.10 Å². The normalized spacial score (nSPS) is 23.1. The highest BCUT2D eigenvalue weighted by Crippen LogP contribution is 2.15. The lowest BCUT2D eigenvalue weighted by atomic mass is 10.3. The van der Waals surface area contributed by atoms with Crippen molar-refractivity contribution < 1.29 is 9.90 Å². The van der Waals surface area contributed by atoms with Crippen molar-refractivity contribution in [2.24, 2.45) is 0 Å². The van der Waals surface area contributed by atoms with Gasteiger partial charge in [-0.05, 0) is 19.4 Å². The molecule has 0 bridgehead atoms. The quantitative estimate of drug-likeness (QED) is 0.748. The zero-order valence-corrected chi connectivity index (χ0v) is 8.71. The Bertz CT molecular complexity index is 336. The topological polar surface area (TPSA) is 58.4 Å². The van der Waals surface area contributed by atoms with E-state index in [9.17, 15) is 9.90 Å². The van der Waals surface area contributed by atoms with E-state index in [2.05, 4.69) is 5.10 Å². The first kappa shape index (κ1) is 10.2. The van der Waals surface area contributed by atoms with Crippen LogP contribution < -0.4 is 0 Å². The van der Waals surface area contributed by atoms with Crippen molar-refractivity contribution in [2.75, 3.05) is 13.1 Å². The van der Waals surface area contributed by atoms with E-state index < -0.39 is 0 Å². The van der Waals surface area contributed by atoms with Gasteiger partial charge in [-0.1, -0.05) is 0 Å². The lowest BCUT2D eigenvalue weighted by Gasteiger charge is -2.20. The van der Waals surface area contributed by atoms with Gasteiger partial charge < -0.3 is 10.0 Å². The van der Waals surface area contributed by atoms with Crippen molar-refractivity contribution in [1.29, 1.82) is 0 Å². The van der Waals surface area contributed by atoms with Crippen molar-refractivity contribution >= 4 is 5.91 Å². The van der Waals surface area contributed by atoms with Gasteiger partial charge >= 0.3 is 0 Å². The highest BCUT2D eigenvalue weighted by Gasteiger charge is 2.28. The van der Waals surface area contributed by atoms with E-state index >= 15 is 0 Å². The third-order valence-corrected chi connectivity index (χ3v) is 2.75. The maximum absolute atomic E-state index is 11.9. The number of hydrogen-bond donors (Lipinski definition) is 1. The Hall–Kier alpha value is -1.36. The molecule has 1 aromatic heterocycles. The number of carbonyl (C=O) groups excluding carboxylic acids is 1. The smallest absolute Gasteiger partial charge is 0.247 e. The highest BCUT2D eigenvalue weighted by molar-refractivity contribution is 5.80. The molecule has 2 heterocycles. The number of nitrogens with zero attached hydrogens (tertiary/aromatic N) is 3. The molecule has 1 N–H and O–H groups in total. The standard InChI is InChI=1S/C10H15N3O2/c1-8(13-5-2-4-11-13)10(15)12-6-3-9(14)7-12/h2,4-5,8-9,14H,3,6-7H2,1H3/t8-,9+/m1/s1. The van der Waals surface area contributed by atoms with Crippen molar-refractivity contribution in [3.8, 4) is 0 Å². The third-order valence-electron chi connectivity index (χ3n) is 2.75. The van der Waals surface area contributed by atoms with Crippen LogP contribution in [0.2, 0.25) is 0 Å². The van der Waals surface area contributed by atoms with Crippen LogP contribution in [-0.4, -0.2) is 44.9 Å². The molecule has 0 radical (unpaired) electrons. The van der Waals surface area contributed by atoms with Crippen LogP contribution in [0.25, 0.3) is 0 Å². The van der Waals surface area contributed by atoms with Gasteiger partial charge in [-0.15, -0.1) is 0 Å². The van der Waals surface area contributed by atoms with E-state index in [0.29, 0.717) is 19.5 Å². The molecule has 1 amide bonds. The molecule has 0 spiro atoms. The molecule has 2 rings (SSSR count). The molecule has 1 aromatic rings. The Morgan fingerprint density at radius 2 is 2.47 bits per heavy atom. The first-order valence-electron chi connectivity index (χ1n) is 5.14. The van der Waals surface area contributed by atoms with Gasteiger partial charge in [-0.3, -0.25) is 9.48 Å². The van der Waals surface area contributed by atoms with Crippen LogP contribution in [0.4, 0.5) is 0 Å². The SMILES string of the molecule is C[C@H](C(=O)N1CC[C@H](O)C1)n1cccn1. The van der Waals surface area contributed by atoms with E-state index in [1.54, 1.807) is 28.0 Å². The molecule has 5 nitrogen and oxygen atoms in total. The number of aromatic nitrogens is 2. The van der Waals surface area contributed by atoms with Gasteiger partial charge in [0.1, 0.15) is 6.04 Å². The summed E-state index contributed by atoms with van der Waals surface area (Å²) in [5, 5.41) is 13.4. The minimum absolute atomic E-state index is 0.0234. The van der Waals surface area contributed by atoms with Crippen molar-refractivity contribution in [3.63, 3.8) is 0 Å². The molecule has 0 unspecified atom stereocenters. The molecule has 1 saturated heterocycles. The summed E-state index contributed by atoms with van der Waals surface area (Å²) >= 11 is 0. The second-order valence-corrected chi connectivity index (χ2v) is 3.89. The number of carbonyl (C=O) groups is 1. The van der Waals surface area contributed by atoms with Crippen LogP contribution in [0.5, 0.6) is 0 Å². The fraction of sp³-hybridized carbons (Fsp3) is 0.600. The predicted molar refractivity (Wildman–Crippen MR) is 54.1 cm³/mol. The fourth-order valence-corrected chi connectivity index (χ4v) is 1.83. The molecule has 1 aliphatic heterocycles. The molecule has 0 aliphatic carbocycles. The van der Waals surface area contributed by atoms with Crippen LogP contribution in [-0.2, 0) is 4.79 Å². The molecular formula is C10H15N3O2. The summed E-state index contributed by atoms with van der Waals surface area (Å²) in [4.78, 5) is 13.6. The molecule has 15 heavy (non-hydrogen) atoms. The zero-order chi connectivity index (χ0) is 10.8. The molecule has 82 valence electrons. The van der Waals surface area contributed by atoms with E-state index in [4.69, 9.17) is 0 Å². The van der Waals surface area contributed by atoms with E-state index in [1.165, 1.54) is 0 Å². The van der Waals surface area contributed by atoms with E-state index in [1.807, 2.05) is 6.92 Å². The van der Waals surface area contributed by atoms with Gasteiger partial charge in [0.15, 0.2) is 0 Å². The molecule has 0 saturated carbocycles. The first-order chi connectivity index (χ1) is 7.18. The van der Waals surface area contributed by atoms with Crippen LogP contribution in [0.3, 0.4) is 0 Å². The van der Waals surface area contributed by atoms with Crippen molar-refractivity contribution in [1.82, 2.24) is 14.7 Å². The summed E-state index contributed by atoms with van der Waals surface area (Å²) in [6, 6.07) is 1.51. The number of aliphatic hydroxyl groups is 1. The summed E-state index contributed by atoms with van der Waals surface area (Å²) in [6.07, 6.45) is 3.74. The Morgan fingerprint density at radius 1 is 1.67 bits per heavy atom. The summed E-state index contributed by atoms with van der Waals surface area (Å²) in [5.41, 5.74) is 0. The number of aliphatic hydroxyl groups excluding tert-OH is 1. The van der Waals surface area contributed by atoms with Crippen LogP contribution in [0.15, 0.2) is 18.5 Å². The molecule has 0 aromatic carbocycles. The van der Waals surface area contributed by atoms with E-state index in [0.717, 1.165) is 0 Å². The second-order valence-electron chi connectivity index (χ2n) is 3.89. The largest absolute Gasteiger partial charge is 0.391 e. The van der Waals surface area contributed by atoms with Crippen LogP contribution in [0, 0.1) is 0 Å². The zero-order valence-electron chi connectivity index (χ0n) is 8.71. The van der Waals surface area contributed by atoms with Gasteiger partial charge in [0.25, 0.3) is 0 Å². The van der Waals surface area contributed by atoms with Gasteiger partial charge in [0.2, 0.25) is 5.91 Å². The summed E-state index contributed by atoms with van der Waals surface area (Å²) < 4.78 is 1.63. The Morgan fingerprint density at radius 3 is 3.00 bits per heavy atom. The summed E-state index contributed by atoms with van der Waals surface area (Å²) in [5.74, 6) is 0.0234. The van der Waals surface area contributed by atoms with Gasteiger partial charge in [0, 0.05) is 25.5 Å². The fourth-order valence-electron chi connectivity index (χ4n) is 1.83. The van der Waals surface area contributed by atoms with Crippen LogP contribution >= 0.6 is 0 Å². The Balaban J connectivity index is 2.02. The van der Waals surface area contributed by atoms with Gasteiger partial charge in [0.05, 0.1) is 6.10 Å². The number of rotatable bonds is 2.